The number of hydrogen-bond donors (Lipinski definition) is 1. The molecule has 3 aromatic carbocycles. The van der Waals surface area contributed by atoms with E-state index in [1.165, 1.54) is 32.3 Å². The van der Waals surface area contributed by atoms with Crippen molar-refractivity contribution in [1.82, 2.24) is 9.29 Å². The highest BCUT2D eigenvalue weighted by atomic mass is 35.5. The zero-order chi connectivity index (χ0) is 22.2. The molecule has 0 aliphatic heterocycles. The highest BCUT2D eigenvalue weighted by Crippen LogP contribution is 2.31. The van der Waals surface area contributed by atoms with Gasteiger partial charge in [0, 0.05) is 25.3 Å². The molecule has 4 aromatic rings. The number of aromatic nitrogens is 1. The second-order valence-electron chi connectivity index (χ2n) is 6.95. The molecule has 0 spiro atoms. The van der Waals surface area contributed by atoms with Gasteiger partial charge in [-0.15, -0.1) is 11.3 Å². The molecule has 0 radical (unpaired) electrons. The number of anilines is 1. The number of amides is 1. The minimum Gasteiger partial charge on any atom is -0.322 e. The summed E-state index contributed by atoms with van der Waals surface area (Å²) >= 11 is 7.75. The van der Waals surface area contributed by atoms with Crippen LogP contribution in [0.2, 0.25) is 5.02 Å². The van der Waals surface area contributed by atoms with Gasteiger partial charge in [-0.05, 0) is 54.6 Å². The van der Waals surface area contributed by atoms with Crippen LogP contribution in [0.25, 0.3) is 20.8 Å². The first-order valence-electron chi connectivity index (χ1n) is 9.25. The van der Waals surface area contributed by atoms with Crippen LogP contribution in [-0.4, -0.2) is 37.7 Å². The molecular weight excluding hydrogens is 454 g/mol. The molecule has 158 valence electrons. The third-order valence-electron chi connectivity index (χ3n) is 4.64. The van der Waals surface area contributed by atoms with Crippen molar-refractivity contribution < 1.29 is 13.2 Å². The zero-order valence-corrected chi connectivity index (χ0v) is 19.1. The summed E-state index contributed by atoms with van der Waals surface area (Å²) in [6, 6.07) is 19.3. The predicted molar refractivity (Wildman–Crippen MR) is 125 cm³/mol. The van der Waals surface area contributed by atoms with Crippen molar-refractivity contribution in [3.8, 4) is 10.6 Å². The number of sulfonamides is 1. The lowest BCUT2D eigenvalue weighted by Crippen LogP contribution is -2.23. The van der Waals surface area contributed by atoms with Gasteiger partial charge < -0.3 is 5.32 Å². The van der Waals surface area contributed by atoms with Crippen molar-refractivity contribution in [1.29, 1.82) is 0 Å². The first kappa shape index (κ1) is 21.5. The second kappa shape index (κ2) is 8.39. The van der Waals surface area contributed by atoms with Crippen molar-refractivity contribution in [3.05, 3.63) is 77.3 Å². The number of hydrogen-bond acceptors (Lipinski definition) is 5. The lowest BCUT2D eigenvalue weighted by atomic mass is 10.2. The maximum atomic E-state index is 12.7. The molecule has 0 bridgehead atoms. The second-order valence-corrected chi connectivity index (χ2v) is 10.5. The van der Waals surface area contributed by atoms with Gasteiger partial charge >= 0.3 is 0 Å². The van der Waals surface area contributed by atoms with Gasteiger partial charge in [-0.3, -0.25) is 4.79 Å². The van der Waals surface area contributed by atoms with Crippen LogP contribution in [-0.2, 0) is 10.0 Å². The van der Waals surface area contributed by atoms with Crippen LogP contribution < -0.4 is 5.32 Å². The smallest absolute Gasteiger partial charge is 0.257 e. The molecule has 4 rings (SSSR count). The van der Waals surface area contributed by atoms with Gasteiger partial charge in [0.05, 0.1) is 25.7 Å². The highest BCUT2D eigenvalue weighted by Gasteiger charge is 2.21. The molecule has 0 fully saturated rings. The van der Waals surface area contributed by atoms with Crippen LogP contribution >= 0.6 is 22.9 Å². The maximum absolute atomic E-state index is 12.7. The van der Waals surface area contributed by atoms with Gasteiger partial charge in [-0.25, -0.2) is 17.7 Å². The Kier molecular flexibility index (Phi) is 5.81. The van der Waals surface area contributed by atoms with E-state index in [0.29, 0.717) is 5.69 Å². The average molecular weight is 472 g/mol. The third-order valence-corrected chi connectivity index (χ3v) is 7.87. The Morgan fingerprint density at radius 1 is 1.03 bits per heavy atom. The van der Waals surface area contributed by atoms with Gasteiger partial charge in [0.1, 0.15) is 5.01 Å². The summed E-state index contributed by atoms with van der Waals surface area (Å²) in [7, 11) is -0.827. The molecule has 0 atom stereocenters. The number of para-hydroxylation sites is 1. The molecule has 9 heteroatoms. The summed E-state index contributed by atoms with van der Waals surface area (Å²) in [4.78, 5) is 17.4. The molecule has 1 aromatic heterocycles. The fraction of sp³-hybridized carbons (Fsp3) is 0.0909. The molecule has 0 unspecified atom stereocenters. The maximum Gasteiger partial charge on any atom is 0.257 e. The number of fused-ring (bicyclic) bond motifs is 1. The Labute approximate surface area is 189 Å². The molecule has 6 nitrogen and oxygen atoms in total. The van der Waals surface area contributed by atoms with E-state index in [1.54, 1.807) is 23.5 Å². The highest BCUT2D eigenvalue weighted by molar-refractivity contribution is 7.89. The van der Waals surface area contributed by atoms with Crippen molar-refractivity contribution in [2.75, 3.05) is 19.4 Å². The average Bonchev–Trinajstić information content (AvgIpc) is 3.18. The van der Waals surface area contributed by atoms with E-state index in [0.717, 1.165) is 25.1 Å². The summed E-state index contributed by atoms with van der Waals surface area (Å²) in [5.41, 5.74) is 2.53. The predicted octanol–water partition coefficient (Wildman–Crippen LogP) is 5.12. The van der Waals surface area contributed by atoms with Crippen LogP contribution in [0, 0.1) is 0 Å². The quantitative estimate of drug-likeness (QED) is 0.438. The number of rotatable bonds is 5. The molecule has 1 amide bonds. The van der Waals surface area contributed by atoms with Gasteiger partial charge in [0.2, 0.25) is 10.0 Å². The molecule has 1 heterocycles. The molecule has 31 heavy (non-hydrogen) atoms. The topological polar surface area (TPSA) is 79.4 Å². The van der Waals surface area contributed by atoms with Crippen LogP contribution in [0.15, 0.2) is 71.6 Å². The van der Waals surface area contributed by atoms with Crippen molar-refractivity contribution in [3.63, 3.8) is 0 Å². The Hall–Kier alpha value is -2.78. The first-order chi connectivity index (χ1) is 14.8. The summed E-state index contributed by atoms with van der Waals surface area (Å²) in [6.07, 6.45) is 0. The van der Waals surface area contributed by atoms with Crippen molar-refractivity contribution in [2.24, 2.45) is 0 Å². The summed E-state index contributed by atoms with van der Waals surface area (Å²) in [5.74, 6) is -0.492. The fourth-order valence-corrected chi connectivity index (χ4v) is 5.04. The normalized spacial score (nSPS) is 11.7. The SMILES string of the molecule is CN(C)S(=O)(=O)c1ccc(Cl)c(C(=O)Nc2ccc(-c3nc4ccccc4s3)cc2)c1. The van der Waals surface area contributed by atoms with Gasteiger partial charge in [-0.1, -0.05) is 23.7 Å². The standard InChI is InChI=1S/C22H18ClN3O3S2/c1-26(2)31(28,29)16-11-12-18(23)17(13-16)21(27)24-15-9-7-14(8-10-15)22-25-19-5-3-4-6-20(19)30-22/h3-13H,1-2H3,(H,24,27). The Morgan fingerprint density at radius 3 is 2.42 bits per heavy atom. The Morgan fingerprint density at radius 2 is 1.74 bits per heavy atom. The van der Waals surface area contributed by atoms with E-state index in [1.807, 2.05) is 36.4 Å². The van der Waals surface area contributed by atoms with Gasteiger partial charge in [-0.2, -0.15) is 0 Å². The van der Waals surface area contributed by atoms with Gasteiger partial charge in [0.15, 0.2) is 0 Å². The fourth-order valence-electron chi connectivity index (χ4n) is 2.94. The zero-order valence-electron chi connectivity index (χ0n) is 16.7. The summed E-state index contributed by atoms with van der Waals surface area (Å²) in [6.45, 7) is 0. The first-order valence-corrected chi connectivity index (χ1v) is 11.9. The summed E-state index contributed by atoms with van der Waals surface area (Å²) in [5, 5.41) is 3.82. The number of halogens is 1. The number of benzene rings is 3. The Balaban J connectivity index is 1.56. The minimum absolute atomic E-state index is 0.00164. The number of nitrogens with one attached hydrogen (secondary N) is 1. The van der Waals surface area contributed by atoms with E-state index in [4.69, 9.17) is 11.6 Å². The van der Waals surface area contributed by atoms with Crippen LogP contribution in [0.5, 0.6) is 0 Å². The molecule has 0 aliphatic carbocycles. The molecule has 0 aliphatic rings. The molecule has 0 saturated carbocycles. The van der Waals surface area contributed by atoms with Crippen LogP contribution in [0.1, 0.15) is 10.4 Å². The lowest BCUT2D eigenvalue weighted by molar-refractivity contribution is 0.102. The number of nitrogens with zero attached hydrogens (tertiary/aromatic N) is 2. The van der Waals surface area contributed by atoms with E-state index >= 15 is 0 Å². The van der Waals surface area contributed by atoms with Crippen molar-refractivity contribution >= 4 is 54.8 Å². The number of carbonyl (C=O) groups excluding carboxylic acids is 1. The molecular formula is C22H18ClN3O3S2. The lowest BCUT2D eigenvalue weighted by Gasteiger charge is -2.13. The van der Waals surface area contributed by atoms with E-state index in [2.05, 4.69) is 10.3 Å². The van der Waals surface area contributed by atoms with E-state index in [9.17, 15) is 13.2 Å². The van der Waals surface area contributed by atoms with Crippen LogP contribution in [0.3, 0.4) is 0 Å². The third kappa shape index (κ3) is 4.33. The van der Waals surface area contributed by atoms with E-state index in [-0.39, 0.29) is 15.5 Å². The summed E-state index contributed by atoms with van der Waals surface area (Å²) < 4.78 is 26.9. The van der Waals surface area contributed by atoms with Crippen molar-refractivity contribution in [2.45, 2.75) is 4.90 Å². The molecule has 0 saturated heterocycles. The molecule has 1 N–H and O–H groups in total. The Bertz CT molecular complexity index is 1350. The monoisotopic (exact) mass is 471 g/mol. The van der Waals surface area contributed by atoms with Crippen LogP contribution in [0.4, 0.5) is 5.69 Å². The largest absolute Gasteiger partial charge is 0.322 e. The van der Waals surface area contributed by atoms with Gasteiger partial charge in [0.25, 0.3) is 5.91 Å². The van der Waals surface area contributed by atoms with E-state index < -0.39 is 15.9 Å². The number of carbonyl (C=O) groups is 1. The number of thiazole rings is 1. The minimum atomic E-state index is -3.68.